The Morgan fingerprint density at radius 1 is 1.38 bits per heavy atom. The molecular formula is C6H10NO5S-. The number of hydrogen-bond donors (Lipinski definition) is 2. The second-order valence-corrected chi connectivity index (χ2v) is 2.82. The summed E-state index contributed by atoms with van der Waals surface area (Å²) in [5.74, 6) is -3.03. The van der Waals surface area contributed by atoms with Crippen LogP contribution in [0.1, 0.15) is 12.8 Å². The van der Waals surface area contributed by atoms with Crippen LogP contribution in [0.25, 0.3) is 0 Å². The third-order valence-electron chi connectivity index (χ3n) is 1.42. The van der Waals surface area contributed by atoms with Gasteiger partial charge in [0.15, 0.2) is 0 Å². The number of hydrogen-bond acceptors (Lipinski definition) is 5. The highest BCUT2D eigenvalue weighted by atomic mass is 32.1. The zero-order valence-electron chi connectivity index (χ0n) is 6.71. The Balaban J connectivity index is 4.01. The van der Waals surface area contributed by atoms with Gasteiger partial charge in [0.05, 0.1) is 5.92 Å². The molecule has 0 aliphatic carbocycles. The topological polar surface area (TPSA) is 104 Å². The van der Waals surface area contributed by atoms with E-state index in [1.807, 2.05) is 0 Å². The molecule has 0 radical (unpaired) electrons. The lowest BCUT2D eigenvalue weighted by Gasteiger charge is -2.07. The minimum Gasteiger partial charge on any atom is -0.481 e. The molecular weight excluding hydrogens is 198 g/mol. The van der Waals surface area contributed by atoms with E-state index in [0.29, 0.717) is 0 Å². The molecule has 0 spiro atoms. The van der Waals surface area contributed by atoms with Crippen LogP contribution in [0.5, 0.6) is 0 Å². The summed E-state index contributed by atoms with van der Waals surface area (Å²) >= 11 is -0.474. The van der Waals surface area contributed by atoms with Crippen LogP contribution < -0.4 is 0 Å². The van der Waals surface area contributed by atoms with Gasteiger partial charge in [-0.25, -0.2) is 11.5 Å². The van der Waals surface area contributed by atoms with E-state index in [1.54, 1.807) is 0 Å². The zero-order chi connectivity index (χ0) is 10.3. The standard InChI is InChI=1S/C6H10NO5S/c8-5(9)2-1-4(6(10)11)3-7-13-12/h4,13H,1-3H2,(H,8,9)(H,10,11)/q-1. The number of nitrogens with zero attached hydrogens (tertiary/aromatic N) is 1. The highest BCUT2D eigenvalue weighted by Gasteiger charge is 2.16. The summed E-state index contributed by atoms with van der Waals surface area (Å²) in [4.78, 5) is 20.6. The predicted molar refractivity (Wildman–Crippen MR) is 44.7 cm³/mol. The molecule has 1 atom stereocenters. The molecule has 0 saturated heterocycles. The molecule has 0 rings (SSSR count). The van der Waals surface area contributed by atoms with Gasteiger partial charge in [0.2, 0.25) is 0 Å². The van der Waals surface area contributed by atoms with Gasteiger partial charge >= 0.3 is 11.9 Å². The fourth-order valence-electron chi connectivity index (χ4n) is 0.722. The molecule has 0 aliphatic rings. The summed E-state index contributed by atoms with van der Waals surface area (Å²) in [6, 6.07) is 0. The summed E-state index contributed by atoms with van der Waals surface area (Å²) in [6.07, 6.45) is -0.216. The summed E-state index contributed by atoms with van der Waals surface area (Å²) in [5.41, 5.74) is 0. The maximum Gasteiger partial charge on any atom is 0.308 e. The molecule has 0 bridgehead atoms. The number of carbonyl (C=O) groups is 2. The first-order valence-corrected chi connectivity index (χ1v) is 4.28. The first kappa shape index (κ1) is 11.9. The van der Waals surface area contributed by atoms with Gasteiger partial charge in [-0.2, -0.15) is 0 Å². The van der Waals surface area contributed by atoms with Gasteiger partial charge in [-0.1, -0.05) is 0 Å². The van der Waals surface area contributed by atoms with Crippen LogP contribution in [0.4, 0.5) is 0 Å². The third-order valence-corrected chi connectivity index (χ3v) is 1.69. The van der Waals surface area contributed by atoms with Crippen LogP contribution in [-0.4, -0.2) is 28.7 Å². The average molecular weight is 208 g/mol. The summed E-state index contributed by atoms with van der Waals surface area (Å²) in [5, 5.41) is 16.8. The van der Waals surface area contributed by atoms with Crippen molar-refractivity contribution in [3.05, 3.63) is 0 Å². The molecule has 76 valence electrons. The van der Waals surface area contributed by atoms with Crippen molar-refractivity contribution < 1.29 is 24.0 Å². The van der Waals surface area contributed by atoms with Crippen LogP contribution in [0.2, 0.25) is 0 Å². The Morgan fingerprint density at radius 2 is 2.00 bits per heavy atom. The molecule has 0 heterocycles. The average Bonchev–Trinajstić information content (AvgIpc) is 2.03. The molecule has 0 aromatic rings. The third kappa shape index (κ3) is 6.09. The lowest BCUT2D eigenvalue weighted by atomic mass is 10.0. The zero-order valence-corrected chi connectivity index (χ0v) is 7.61. The van der Waals surface area contributed by atoms with Crippen LogP contribution in [0, 0.1) is 5.92 Å². The van der Waals surface area contributed by atoms with Crippen molar-refractivity contribution in [1.82, 2.24) is 0 Å². The fourth-order valence-corrected chi connectivity index (χ4v) is 0.986. The monoisotopic (exact) mass is 208 g/mol. The maximum absolute atomic E-state index is 10.5. The number of rotatable bonds is 6. The lowest BCUT2D eigenvalue weighted by molar-refractivity contribution is -0.142. The number of carboxylic acids is 2. The van der Waals surface area contributed by atoms with Crippen molar-refractivity contribution in [3.63, 3.8) is 0 Å². The maximum atomic E-state index is 10.5. The Labute approximate surface area is 77.8 Å². The normalized spacial score (nSPS) is 12.0. The van der Waals surface area contributed by atoms with Crippen LogP contribution in [0.3, 0.4) is 0 Å². The van der Waals surface area contributed by atoms with Crippen LogP contribution in [0.15, 0.2) is 4.36 Å². The molecule has 0 amide bonds. The van der Waals surface area contributed by atoms with Gasteiger partial charge in [0.1, 0.15) is 0 Å². The van der Waals surface area contributed by atoms with Crippen molar-refractivity contribution in [3.8, 4) is 0 Å². The van der Waals surface area contributed by atoms with Gasteiger partial charge in [-0.3, -0.25) is 9.59 Å². The van der Waals surface area contributed by atoms with E-state index in [0.717, 1.165) is 0 Å². The largest absolute Gasteiger partial charge is 0.481 e. The Morgan fingerprint density at radius 3 is 2.38 bits per heavy atom. The van der Waals surface area contributed by atoms with Crippen molar-refractivity contribution >= 4 is 23.4 Å². The van der Waals surface area contributed by atoms with E-state index < -0.39 is 29.3 Å². The predicted octanol–water partition coefficient (Wildman–Crippen LogP) is -0.104. The Kier molecular flexibility index (Phi) is 5.86. The van der Waals surface area contributed by atoms with Crippen LogP contribution >= 0.6 is 0 Å². The minimum atomic E-state index is -1.12. The van der Waals surface area contributed by atoms with E-state index in [9.17, 15) is 13.8 Å². The molecule has 0 saturated carbocycles. The highest BCUT2D eigenvalue weighted by molar-refractivity contribution is 7.54. The van der Waals surface area contributed by atoms with Gasteiger partial charge in [-0.15, -0.1) is 0 Å². The van der Waals surface area contributed by atoms with E-state index in [-0.39, 0.29) is 19.4 Å². The first-order chi connectivity index (χ1) is 6.07. The molecule has 1 unspecified atom stereocenters. The molecule has 0 aromatic carbocycles. The number of thiol groups is 1. The molecule has 2 N–H and O–H groups in total. The van der Waals surface area contributed by atoms with E-state index in [1.165, 1.54) is 0 Å². The smallest absolute Gasteiger partial charge is 0.308 e. The van der Waals surface area contributed by atoms with Gasteiger partial charge in [0, 0.05) is 13.0 Å². The van der Waals surface area contributed by atoms with Crippen LogP contribution in [-0.2, 0) is 25.3 Å². The van der Waals surface area contributed by atoms with Crippen molar-refractivity contribution in [2.24, 2.45) is 10.3 Å². The Bertz CT molecular complexity index is 247. The van der Waals surface area contributed by atoms with Crippen molar-refractivity contribution in [2.75, 3.05) is 6.54 Å². The molecule has 6 nitrogen and oxygen atoms in total. The second kappa shape index (κ2) is 6.41. The summed E-state index contributed by atoms with van der Waals surface area (Å²) in [7, 11) is 0. The Hall–Kier alpha value is -1.11. The fraction of sp³-hybridized carbons (Fsp3) is 0.667. The van der Waals surface area contributed by atoms with Gasteiger partial charge in [-0.05, 0) is 6.42 Å². The molecule has 0 fully saturated rings. The molecule has 13 heavy (non-hydrogen) atoms. The van der Waals surface area contributed by atoms with E-state index in [2.05, 4.69) is 4.36 Å². The lowest BCUT2D eigenvalue weighted by Crippen LogP contribution is -2.18. The van der Waals surface area contributed by atoms with Gasteiger partial charge < -0.3 is 18.8 Å². The van der Waals surface area contributed by atoms with Crippen molar-refractivity contribution in [2.45, 2.75) is 12.8 Å². The molecule has 0 aliphatic heterocycles. The second-order valence-electron chi connectivity index (χ2n) is 2.37. The minimum absolute atomic E-state index is 0.00366. The van der Waals surface area contributed by atoms with Gasteiger partial charge in [0.25, 0.3) is 0 Å². The number of aliphatic carboxylic acids is 2. The quantitative estimate of drug-likeness (QED) is 0.468. The SMILES string of the molecule is O=[SH-]=NCC(CCC(=O)O)C(=O)O. The van der Waals surface area contributed by atoms with E-state index >= 15 is 0 Å². The summed E-state index contributed by atoms with van der Waals surface area (Å²) < 4.78 is 13.2. The molecule has 7 heteroatoms. The number of carboxylic acid groups (broad SMARTS) is 2. The van der Waals surface area contributed by atoms with E-state index in [4.69, 9.17) is 10.2 Å². The molecule has 0 aromatic heterocycles. The van der Waals surface area contributed by atoms with Crippen molar-refractivity contribution in [1.29, 1.82) is 0 Å². The first-order valence-electron chi connectivity index (χ1n) is 3.51. The summed E-state index contributed by atoms with van der Waals surface area (Å²) in [6.45, 7) is -0.117. The highest BCUT2D eigenvalue weighted by Crippen LogP contribution is 2.07.